The van der Waals surface area contributed by atoms with Gasteiger partial charge in [-0.15, -0.1) is 0 Å². The Labute approximate surface area is 152 Å². The van der Waals surface area contributed by atoms with Crippen LogP contribution in [0.25, 0.3) is 0 Å². The van der Waals surface area contributed by atoms with Gasteiger partial charge in [0.15, 0.2) is 0 Å². The van der Waals surface area contributed by atoms with Crippen LogP contribution in [0.1, 0.15) is 52.7 Å². The van der Waals surface area contributed by atoms with Crippen molar-refractivity contribution in [3.05, 3.63) is 47.3 Å². The monoisotopic (exact) mass is 356 g/mol. The topological polar surface area (TPSA) is 87.3 Å². The van der Waals surface area contributed by atoms with Crippen LogP contribution in [0.2, 0.25) is 0 Å². The second kappa shape index (κ2) is 7.59. The minimum Gasteiger partial charge on any atom is -0.497 e. The third-order valence-electron chi connectivity index (χ3n) is 4.56. The van der Waals surface area contributed by atoms with Crippen LogP contribution in [-0.4, -0.2) is 53.2 Å². The maximum atomic E-state index is 12.6. The molecule has 1 aliphatic rings. The van der Waals surface area contributed by atoms with Crippen molar-refractivity contribution in [3.63, 3.8) is 0 Å². The van der Waals surface area contributed by atoms with Crippen molar-refractivity contribution in [2.45, 2.75) is 32.2 Å². The zero-order valence-corrected chi connectivity index (χ0v) is 15.3. The molecule has 1 saturated heterocycles. The molecule has 0 bridgehead atoms. The molecule has 7 nitrogen and oxygen atoms in total. The van der Waals surface area contributed by atoms with Crippen molar-refractivity contribution in [1.29, 1.82) is 0 Å². The van der Waals surface area contributed by atoms with Gasteiger partial charge in [0, 0.05) is 24.7 Å². The fourth-order valence-electron chi connectivity index (χ4n) is 3.01. The first-order valence-electron chi connectivity index (χ1n) is 8.77. The van der Waals surface area contributed by atoms with Gasteiger partial charge >= 0.3 is 0 Å². The summed E-state index contributed by atoms with van der Waals surface area (Å²) in [5.41, 5.74) is 1.91. The van der Waals surface area contributed by atoms with Gasteiger partial charge in [0.2, 0.25) is 0 Å². The number of aromatic amines is 1. The first-order valence-corrected chi connectivity index (χ1v) is 8.77. The molecule has 2 amide bonds. The fraction of sp³-hybridized carbons (Fsp3) is 0.421. The van der Waals surface area contributed by atoms with E-state index >= 15 is 0 Å². The highest BCUT2D eigenvalue weighted by Crippen LogP contribution is 2.17. The third-order valence-corrected chi connectivity index (χ3v) is 4.56. The number of aromatic nitrogens is 2. The number of nitrogens with one attached hydrogen (secondary N) is 2. The maximum Gasteiger partial charge on any atom is 0.271 e. The zero-order valence-electron chi connectivity index (χ0n) is 15.3. The van der Waals surface area contributed by atoms with Crippen LogP contribution in [-0.2, 0) is 0 Å². The minimum absolute atomic E-state index is 0.0647. The van der Waals surface area contributed by atoms with Crippen LogP contribution in [0.4, 0.5) is 0 Å². The quantitative estimate of drug-likeness (QED) is 0.860. The summed E-state index contributed by atoms with van der Waals surface area (Å²) in [7, 11) is 1.57. The molecule has 0 spiro atoms. The van der Waals surface area contributed by atoms with E-state index in [1.54, 1.807) is 42.3 Å². The molecule has 1 atom stereocenters. The Balaban J connectivity index is 1.59. The lowest BCUT2D eigenvalue weighted by Gasteiger charge is -2.16. The second-order valence-corrected chi connectivity index (χ2v) is 6.80. The molecule has 138 valence electrons. The van der Waals surface area contributed by atoms with Crippen LogP contribution < -0.4 is 10.1 Å². The smallest absolute Gasteiger partial charge is 0.271 e. The number of methoxy groups -OCH3 is 1. The second-order valence-electron chi connectivity index (χ2n) is 6.80. The number of H-pyrrole nitrogens is 1. The van der Waals surface area contributed by atoms with E-state index in [1.807, 2.05) is 13.8 Å². The summed E-state index contributed by atoms with van der Waals surface area (Å²) in [6.45, 7) is 5.16. The highest BCUT2D eigenvalue weighted by Gasteiger charge is 2.29. The van der Waals surface area contributed by atoms with E-state index in [9.17, 15) is 9.59 Å². The molecule has 3 rings (SSSR count). The van der Waals surface area contributed by atoms with Gasteiger partial charge in [0.1, 0.15) is 11.4 Å². The van der Waals surface area contributed by atoms with E-state index in [0.29, 0.717) is 30.1 Å². The molecular weight excluding hydrogens is 332 g/mol. The lowest BCUT2D eigenvalue weighted by molar-refractivity contribution is 0.0777. The number of rotatable bonds is 5. The standard InChI is InChI=1S/C19H24N4O3/c1-12(2)16-10-17(22-21-16)19(25)23-8-7-14(11-23)20-18(24)13-5-4-6-15(9-13)26-3/h4-6,9-10,12,14H,7-8,11H2,1-3H3,(H,20,24)(H,21,22). The van der Waals surface area contributed by atoms with Gasteiger partial charge in [-0.1, -0.05) is 19.9 Å². The SMILES string of the molecule is COc1cccc(C(=O)NC2CCN(C(=O)c3cc(C(C)C)n[nH]3)C2)c1. The molecule has 1 aliphatic heterocycles. The van der Waals surface area contributed by atoms with Crippen LogP contribution in [0, 0.1) is 0 Å². The predicted octanol–water partition coefficient (Wildman–Crippen LogP) is 2.19. The summed E-state index contributed by atoms with van der Waals surface area (Å²) in [5, 5.41) is 9.98. The minimum atomic E-state index is -0.160. The van der Waals surface area contributed by atoms with Crippen LogP contribution in [0.3, 0.4) is 0 Å². The van der Waals surface area contributed by atoms with Gasteiger partial charge in [0.05, 0.1) is 12.8 Å². The van der Waals surface area contributed by atoms with Crippen molar-refractivity contribution >= 4 is 11.8 Å². The molecule has 1 aromatic carbocycles. The average molecular weight is 356 g/mol. The lowest BCUT2D eigenvalue weighted by atomic mass is 10.1. The Kier molecular flexibility index (Phi) is 5.25. The lowest BCUT2D eigenvalue weighted by Crippen LogP contribution is -2.38. The average Bonchev–Trinajstić information content (AvgIpc) is 3.31. The number of benzene rings is 1. The highest BCUT2D eigenvalue weighted by atomic mass is 16.5. The van der Waals surface area contributed by atoms with Crippen molar-refractivity contribution in [3.8, 4) is 5.75 Å². The van der Waals surface area contributed by atoms with Crippen LogP contribution in [0.5, 0.6) is 5.75 Å². The van der Waals surface area contributed by atoms with Crippen molar-refractivity contribution in [1.82, 2.24) is 20.4 Å². The number of amides is 2. The summed E-state index contributed by atoms with van der Waals surface area (Å²) in [5.74, 6) is 0.664. The molecule has 2 N–H and O–H groups in total. The molecule has 1 unspecified atom stereocenters. The van der Waals surface area contributed by atoms with E-state index in [4.69, 9.17) is 4.74 Å². The molecule has 0 aliphatic carbocycles. The maximum absolute atomic E-state index is 12.6. The van der Waals surface area contributed by atoms with E-state index in [2.05, 4.69) is 15.5 Å². The summed E-state index contributed by atoms with van der Waals surface area (Å²) in [6, 6.07) is 8.75. The highest BCUT2D eigenvalue weighted by molar-refractivity contribution is 5.95. The number of nitrogens with zero attached hydrogens (tertiary/aromatic N) is 2. The Morgan fingerprint density at radius 2 is 2.15 bits per heavy atom. The summed E-state index contributed by atoms with van der Waals surface area (Å²) in [4.78, 5) is 26.7. The van der Waals surface area contributed by atoms with E-state index in [0.717, 1.165) is 12.1 Å². The van der Waals surface area contributed by atoms with Crippen molar-refractivity contribution in [2.75, 3.05) is 20.2 Å². The van der Waals surface area contributed by atoms with Crippen molar-refractivity contribution in [2.24, 2.45) is 0 Å². The van der Waals surface area contributed by atoms with Gasteiger partial charge in [-0.3, -0.25) is 14.7 Å². The number of carbonyl (C=O) groups is 2. The van der Waals surface area contributed by atoms with E-state index in [-0.39, 0.29) is 23.8 Å². The van der Waals surface area contributed by atoms with Crippen LogP contribution in [0.15, 0.2) is 30.3 Å². The molecule has 2 heterocycles. The Bertz CT molecular complexity index is 800. The normalized spacial score (nSPS) is 16.8. The first-order chi connectivity index (χ1) is 12.5. The van der Waals surface area contributed by atoms with Gasteiger partial charge in [-0.25, -0.2) is 0 Å². The molecule has 7 heteroatoms. The van der Waals surface area contributed by atoms with Gasteiger partial charge in [0.25, 0.3) is 11.8 Å². The molecule has 1 aromatic heterocycles. The van der Waals surface area contributed by atoms with Crippen molar-refractivity contribution < 1.29 is 14.3 Å². The zero-order chi connectivity index (χ0) is 18.7. The van der Waals surface area contributed by atoms with Gasteiger partial charge in [-0.2, -0.15) is 5.10 Å². The van der Waals surface area contributed by atoms with Gasteiger partial charge in [-0.05, 0) is 36.6 Å². The third kappa shape index (κ3) is 3.87. The Hall–Kier alpha value is -2.83. The Morgan fingerprint density at radius 1 is 1.35 bits per heavy atom. The number of ether oxygens (including phenoxy) is 1. The molecule has 0 radical (unpaired) electrons. The molecule has 0 saturated carbocycles. The molecule has 1 fully saturated rings. The molecule has 26 heavy (non-hydrogen) atoms. The number of hydrogen-bond acceptors (Lipinski definition) is 4. The Morgan fingerprint density at radius 3 is 2.85 bits per heavy atom. The molecular formula is C19H24N4O3. The first kappa shape index (κ1) is 18.0. The summed E-state index contributed by atoms with van der Waals surface area (Å²) >= 11 is 0. The summed E-state index contributed by atoms with van der Waals surface area (Å²) in [6.07, 6.45) is 0.729. The number of likely N-dealkylation sites (tertiary alicyclic amines) is 1. The van der Waals surface area contributed by atoms with Gasteiger partial charge < -0.3 is 15.0 Å². The fourth-order valence-corrected chi connectivity index (χ4v) is 3.01. The molecule has 2 aromatic rings. The van der Waals surface area contributed by atoms with E-state index in [1.165, 1.54) is 0 Å². The summed E-state index contributed by atoms with van der Waals surface area (Å²) < 4.78 is 5.15. The largest absolute Gasteiger partial charge is 0.497 e. The predicted molar refractivity (Wildman–Crippen MR) is 97.4 cm³/mol. The number of hydrogen-bond donors (Lipinski definition) is 2. The van der Waals surface area contributed by atoms with Crippen LogP contribution >= 0.6 is 0 Å². The van der Waals surface area contributed by atoms with E-state index < -0.39 is 0 Å². The number of carbonyl (C=O) groups excluding carboxylic acids is 2.